The van der Waals surface area contributed by atoms with Crippen molar-refractivity contribution in [2.45, 2.75) is 6.54 Å². The molecule has 0 aliphatic rings. The number of ether oxygens (including phenoxy) is 1. The van der Waals surface area contributed by atoms with Crippen molar-refractivity contribution in [1.29, 1.82) is 0 Å². The largest absolute Gasteiger partial charge is 0.497 e. The third-order valence-corrected chi connectivity index (χ3v) is 4.10. The first kappa shape index (κ1) is 16.6. The molecule has 3 N–H and O–H groups in total. The summed E-state index contributed by atoms with van der Waals surface area (Å²) in [6, 6.07) is 11.1. The average molecular weight is 364 g/mol. The molecule has 3 aromatic heterocycles. The number of benzene rings is 1. The van der Waals surface area contributed by atoms with Crippen molar-refractivity contribution in [2.24, 2.45) is 0 Å². The van der Waals surface area contributed by atoms with Gasteiger partial charge in [-0.2, -0.15) is 0 Å². The molecule has 0 radical (unpaired) electrons. The van der Waals surface area contributed by atoms with Crippen LogP contribution in [0.5, 0.6) is 5.75 Å². The van der Waals surface area contributed by atoms with Gasteiger partial charge in [0.05, 0.1) is 25.3 Å². The molecule has 0 aliphatic heterocycles. The van der Waals surface area contributed by atoms with Gasteiger partial charge in [0.2, 0.25) is 0 Å². The zero-order valence-electron chi connectivity index (χ0n) is 14.4. The topological polar surface area (TPSA) is 118 Å². The molecule has 0 bridgehead atoms. The van der Waals surface area contributed by atoms with E-state index in [0.29, 0.717) is 18.1 Å². The van der Waals surface area contributed by atoms with Crippen LogP contribution in [0.15, 0.2) is 58.5 Å². The molecule has 4 rings (SSSR count). The maximum Gasteiger partial charge on any atom is 0.334 e. The van der Waals surface area contributed by atoms with Crippen LogP contribution in [0.3, 0.4) is 0 Å². The lowest BCUT2D eigenvalue weighted by Gasteiger charge is -2.09. The Kier molecular flexibility index (Phi) is 4.17. The van der Waals surface area contributed by atoms with Crippen molar-refractivity contribution in [3.8, 4) is 11.4 Å². The van der Waals surface area contributed by atoms with Gasteiger partial charge in [-0.3, -0.25) is 9.78 Å². The van der Waals surface area contributed by atoms with Crippen LogP contribution in [0.25, 0.3) is 16.9 Å². The molecular weight excluding hydrogens is 348 g/mol. The van der Waals surface area contributed by atoms with Crippen LogP contribution >= 0.6 is 0 Å². The van der Waals surface area contributed by atoms with Crippen molar-refractivity contribution < 1.29 is 4.74 Å². The number of hydrogen-bond donors (Lipinski definition) is 3. The highest BCUT2D eigenvalue weighted by atomic mass is 16.5. The standard InChI is InChI=1S/C18H16N6O3/c1-27-13-4-2-3-11(7-13)8-19-14-6-5-12(9-20-14)24-17(25)15-16(22-10-21-15)23-18(24)26/h2-7,9-10H,8H2,1H3,(H,19,20)(H,21,22)(H,23,26). The van der Waals surface area contributed by atoms with E-state index in [-0.39, 0.29) is 11.2 Å². The maximum atomic E-state index is 12.5. The highest BCUT2D eigenvalue weighted by Gasteiger charge is 2.11. The zero-order valence-corrected chi connectivity index (χ0v) is 14.4. The number of nitrogens with zero attached hydrogens (tertiary/aromatic N) is 3. The second kappa shape index (κ2) is 6.79. The molecule has 9 heteroatoms. The minimum absolute atomic E-state index is 0.228. The number of nitrogens with one attached hydrogen (secondary N) is 3. The molecule has 0 fully saturated rings. The lowest BCUT2D eigenvalue weighted by atomic mass is 10.2. The predicted molar refractivity (Wildman–Crippen MR) is 100 cm³/mol. The zero-order chi connectivity index (χ0) is 18.8. The van der Waals surface area contributed by atoms with Gasteiger partial charge in [0.15, 0.2) is 5.65 Å². The third kappa shape index (κ3) is 3.17. The molecule has 0 amide bonds. The second-order valence-electron chi connectivity index (χ2n) is 5.80. The highest BCUT2D eigenvalue weighted by molar-refractivity contribution is 5.68. The maximum absolute atomic E-state index is 12.5. The normalized spacial score (nSPS) is 10.9. The van der Waals surface area contributed by atoms with E-state index in [1.54, 1.807) is 19.2 Å². The Morgan fingerprint density at radius 1 is 1.19 bits per heavy atom. The summed E-state index contributed by atoms with van der Waals surface area (Å²) in [5.41, 5.74) is 0.812. The number of pyridine rings is 1. The Labute approximate surface area is 152 Å². The first-order valence-corrected chi connectivity index (χ1v) is 8.17. The molecule has 0 saturated carbocycles. The smallest absolute Gasteiger partial charge is 0.334 e. The second-order valence-corrected chi connectivity index (χ2v) is 5.80. The van der Waals surface area contributed by atoms with Crippen molar-refractivity contribution >= 4 is 17.0 Å². The Balaban J connectivity index is 1.57. The van der Waals surface area contributed by atoms with Crippen molar-refractivity contribution in [3.05, 3.63) is 75.3 Å². The molecule has 4 aromatic rings. The Morgan fingerprint density at radius 3 is 2.85 bits per heavy atom. The molecule has 136 valence electrons. The van der Waals surface area contributed by atoms with Crippen LogP contribution in [0, 0.1) is 0 Å². The van der Waals surface area contributed by atoms with Gasteiger partial charge in [0.1, 0.15) is 17.1 Å². The summed E-state index contributed by atoms with van der Waals surface area (Å²) < 4.78 is 6.22. The van der Waals surface area contributed by atoms with Gasteiger partial charge in [-0.1, -0.05) is 12.1 Å². The fourth-order valence-electron chi connectivity index (χ4n) is 2.75. The number of aromatic nitrogens is 5. The number of methoxy groups -OCH3 is 1. The van der Waals surface area contributed by atoms with Crippen LogP contribution in [-0.4, -0.2) is 31.6 Å². The molecule has 27 heavy (non-hydrogen) atoms. The molecule has 1 aromatic carbocycles. The van der Waals surface area contributed by atoms with E-state index in [2.05, 4.69) is 25.3 Å². The van der Waals surface area contributed by atoms with Crippen molar-refractivity contribution in [2.75, 3.05) is 12.4 Å². The number of aromatic amines is 2. The van der Waals surface area contributed by atoms with Crippen molar-refractivity contribution in [3.63, 3.8) is 0 Å². The van der Waals surface area contributed by atoms with E-state index in [0.717, 1.165) is 15.9 Å². The van der Waals surface area contributed by atoms with Crippen LogP contribution < -0.4 is 21.3 Å². The molecule has 0 saturated heterocycles. The number of fused-ring (bicyclic) bond motifs is 1. The number of anilines is 1. The summed E-state index contributed by atoms with van der Waals surface area (Å²) in [6.45, 7) is 0.560. The highest BCUT2D eigenvalue weighted by Crippen LogP contribution is 2.14. The Hall–Kier alpha value is -3.88. The molecule has 0 atom stereocenters. The van der Waals surface area contributed by atoms with E-state index in [1.165, 1.54) is 12.5 Å². The first-order valence-electron chi connectivity index (χ1n) is 8.17. The van der Waals surface area contributed by atoms with E-state index in [1.807, 2.05) is 24.3 Å². The van der Waals surface area contributed by atoms with E-state index < -0.39 is 11.2 Å². The average Bonchev–Trinajstić information content (AvgIpc) is 3.16. The minimum atomic E-state index is -0.571. The predicted octanol–water partition coefficient (Wildman–Crippen LogP) is 1.42. The molecular formula is C18H16N6O3. The monoisotopic (exact) mass is 364 g/mol. The van der Waals surface area contributed by atoms with Gasteiger partial charge in [-0.15, -0.1) is 0 Å². The first-order chi connectivity index (χ1) is 13.2. The molecule has 0 aliphatic carbocycles. The Morgan fingerprint density at radius 2 is 2.07 bits per heavy atom. The lowest BCUT2D eigenvalue weighted by molar-refractivity contribution is 0.414. The van der Waals surface area contributed by atoms with Crippen LogP contribution in [0.4, 0.5) is 5.82 Å². The molecule has 3 heterocycles. The van der Waals surface area contributed by atoms with Gasteiger partial charge < -0.3 is 15.0 Å². The quantitative estimate of drug-likeness (QED) is 0.493. The number of rotatable bonds is 5. The number of imidazole rings is 1. The molecule has 0 unspecified atom stereocenters. The number of H-pyrrole nitrogens is 2. The van der Waals surface area contributed by atoms with E-state index in [9.17, 15) is 9.59 Å². The summed E-state index contributed by atoms with van der Waals surface area (Å²) >= 11 is 0. The SMILES string of the molecule is COc1cccc(CNc2ccc(-n3c(=O)[nH]c4nc[nH]c4c3=O)cn2)c1. The summed E-state index contributed by atoms with van der Waals surface area (Å²) in [7, 11) is 1.62. The molecule has 0 spiro atoms. The fraction of sp³-hybridized carbons (Fsp3) is 0.111. The van der Waals surface area contributed by atoms with Gasteiger partial charge in [0, 0.05) is 6.54 Å². The van der Waals surface area contributed by atoms with Gasteiger partial charge in [0.25, 0.3) is 5.56 Å². The molecule has 9 nitrogen and oxygen atoms in total. The fourth-order valence-corrected chi connectivity index (χ4v) is 2.75. The summed E-state index contributed by atoms with van der Waals surface area (Å²) in [4.78, 5) is 38.2. The van der Waals surface area contributed by atoms with Gasteiger partial charge in [-0.05, 0) is 29.8 Å². The Bertz CT molecular complexity index is 1210. The van der Waals surface area contributed by atoms with Gasteiger partial charge in [-0.25, -0.2) is 19.3 Å². The van der Waals surface area contributed by atoms with Crippen LogP contribution in [0.2, 0.25) is 0 Å². The lowest BCUT2D eigenvalue weighted by Crippen LogP contribution is -2.33. The van der Waals surface area contributed by atoms with E-state index >= 15 is 0 Å². The summed E-state index contributed by atoms with van der Waals surface area (Å²) in [5, 5.41) is 3.19. The van der Waals surface area contributed by atoms with E-state index in [4.69, 9.17) is 4.74 Å². The third-order valence-electron chi connectivity index (χ3n) is 4.10. The van der Waals surface area contributed by atoms with Gasteiger partial charge >= 0.3 is 5.69 Å². The minimum Gasteiger partial charge on any atom is -0.497 e. The summed E-state index contributed by atoms with van der Waals surface area (Å²) in [6.07, 6.45) is 2.82. The van der Waals surface area contributed by atoms with Crippen molar-refractivity contribution in [1.82, 2.24) is 24.5 Å². The van der Waals surface area contributed by atoms with Crippen LogP contribution in [0.1, 0.15) is 5.56 Å². The number of hydrogen-bond acceptors (Lipinski definition) is 6. The summed E-state index contributed by atoms with van der Waals surface area (Å²) in [5.74, 6) is 1.40. The van der Waals surface area contributed by atoms with Crippen LogP contribution in [-0.2, 0) is 6.54 Å².